The molecule has 1 amide bonds. The van der Waals surface area contributed by atoms with Gasteiger partial charge in [-0.3, -0.25) is 9.59 Å². The minimum Gasteiger partial charge on any atom is -0.481 e. The molecule has 116 valence electrons. The highest BCUT2D eigenvalue weighted by molar-refractivity contribution is 5.92. The molecule has 1 aromatic rings. The molecule has 1 aromatic carbocycles. The molecule has 0 heterocycles. The first-order chi connectivity index (χ1) is 9.78. The van der Waals surface area contributed by atoms with Crippen LogP contribution >= 0.6 is 0 Å². The number of rotatable bonds is 7. The molecule has 21 heavy (non-hydrogen) atoms. The first-order valence-electron chi connectivity index (χ1n) is 6.14. The Morgan fingerprint density at radius 3 is 2.38 bits per heavy atom. The van der Waals surface area contributed by atoms with Gasteiger partial charge in [0, 0.05) is 12.8 Å². The van der Waals surface area contributed by atoms with Gasteiger partial charge >= 0.3 is 12.3 Å². The van der Waals surface area contributed by atoms with Crippen molar-refractivity contribution in [2.45, 2.75) is 32.0 Å². The lowest BCUT2D eigenvalue weighted by Crippen LogP contribution is -2.19. The number of amides is 1. The molecule has 0 saturated carbocycles. The van der Waals surface area contributed by atoms with Crippen molar-refractivity contribution in [3.8, 4) is 5.75 Å². The third kappa shape index (κ3) is 7.19. The molecular formula is C13H14F3NO4. The van der Waals surface area contributed by atoms with Crippen molar-refractivity contribution in [3.63, 3.8) is 0 Å². The molecule has 0 radical (unpaired) electrons. The Labute approximate surface area is 118 Å². The average molecular weight is 305 g/mol. The summed E-state index contributed by atoms with van der Waals surface area (Å²) >= 11 is 0. The smallest absolute Gasteiger partial charge is 0.481 e. The van der Waals surface area contributed by atoms with Crippen LogP contribution in [-0.4, -0.2) is 23.3 Å². The van der Waals surface area contributed by atoms with E-state index in [1.807, 2.05) is 0 Å². The van der Waals surface area contributed by atoms with E-state index >= 15 is 0 Å². The number of anilines is 1. The van der Waals surface area contributed by atoms with E-state index in [9.17, 15) is 22.8 Å². The fourth-order valence-electron chi connectivity index (χ4n) is 1.56. The maximum absolute atomic E-state index is 12.2. The summed E-state index contributed by atoms with van der Waals surface area (Å²) in [6.45, 7) is 0. The fraction of sp³-hybridized carbons (Fsp3) is 0.385. The molecule has 1 rings (SSSR count). The zero-order valence-electron chi connectivity index (χ0n) is 10.9. The summed E-state index contributed by atoms with van der Waals surface area (Å²) in [4.78, 5) is 21.9. The van der Waals surface area contributed by atoms with Crippen LogP contribution in [0.25, 0.3) is 0 Å². The zero-order chi connectivity index (χ0) is 15.9. The first kappa shape index (κ1) is 16.8. The van der Waals surface area contributed by atoms with Crippen LogP contribution in [0.2, 0.25) is 0 Å². The lowest BCUT2D eigenvalue weighted by Gasteiger charge is -2.13. The third-order valence-electron chi connectivity index (χ3n) is 2.43. The van der Waals surface area contributed by atoms with Crippen molar-refractivity contribution >= 4 is 17.6 Å². The Bertz CT molecular complexity index is 502. The highest BCUT2D eigenvalue weighted by Gasteiger charge is 2.32. The van der Waals surface area contributed by atoms with Gasteiger partial charge in [-0.25, -0.2) is 0 Å². The van der Waals surface area contributed by atoms with Gasteiger partial charge in [0.15, 0.2) is 5.75 Å². The van der Waals surface area contributed by atoms with Gasteiger partial charge in [-0.05, 0) is 25.0 Å². The number of halogens is 3. The summed E-state index contributed by atoms with van der Waals surface area (Å²) in [6, 6.07) is 5.19. The number of carbonyl (C=O) groups is 2. The van der Waals surface area contributed by atoms with Crippen LogP contribution in [0.15, 0.2) is 24.3 Å². The number of ether oxygens (including phenoxy) is 1. The molecular weight excluding hydrogens is 291 g/mol. The Kier molecular flexibility index (Phi) is 6.01. The Balaban J connectivity index is 2.54. The zero-order valence-corrected chi connectivity index (χ0v) is 10.9. The molecule has 0 unspecified atom stereocenters. The number of para-hydroxylation sites is 2. The normalized spacial score (nSPS) is 11.0. The summed E-state index contributed by atoms with van der Waals surface area (Å²) in [5.41, 5.74) is -0.0851. The molecule has 5 nitrogen and oxygen atoms in total. The van der Waals surface area contributed by atoms with Gasteiger partial charge in [0.05, 0.1) is 5.69 Å². The number of carbonyl (C=O) groups excluding carboxylic acids is 1. The SMILES string of the molecule is O=C(O)CCCCC(=O)Nc1ccccc1OC(F)(F)F. The number of nitrogens with one attached hydrogen (secondary N) is 1. The predicted octanol–water partition coefficient (Wildman–Crippen LogP) is 3.17. The first-order valence-corrected chi connectivity index (χ1v) is 6.14. The molecule has 0 aliphatic carbocycles. The van der Waals surface area contributed by atoms with Crippen LogP contribution in [-0.2, 0) is 9.59 Å². The van der Waals surface area contributed by atoms with Crippen molar-refractivity contribution in [3.05, 3.63) is 24.3 Å². The monoisotopic (exact) mass is 305 g/mol. The molecule has 0 aliphatic rings. The van der Waals surface area contributed by atoms with Gasteiger partial charge in [0.2, 0.25) is 5.91 Å². The van der Waals surface area contributed by atoms with Crippen molar-refractivity contribution < 1.29 is 32.6 Å². The lowest BCUT2D eigenvalue weighted by molar-refractivity contribution is -0.274. The topological polar surface area (TPSA) is 75.6 Å². The van der Waals surface area contributed by atoms with Crippen molar-refractivity contribution in [2.75, 3.05) is 5.32 Å². The van der Waals surface area contributed by atoms with Crippen LogP contribution in [0, 0.1) is 0 Å². The van der Waals surface area contributed by atoms with Crippen molar-refractivity contribution in [1.82, 2.24) is 0 Å². The summed E-state index contributed by atoms with van der Waals surface area (Å²) in [5.74, 6) is -1.96. The van der Waals surface area contributed by atoms with Gasteiger partial charge in [0.1, 0.15) is 0 Å². The molecule has 8 heteroatoms. The van der Waals surface area contributed by atoms with Gasteiger partial charge in [0.25, 0.3) is 0 Å². The number of hydrogen-bond donors (Lipinski definition) is 2. The fourth-order valence-corrected chi connectivity index (χ4v) is 1.56. The molecule has 0 spiro atoms. The Morgan fingerprint density at radius 1 is 1.14 bits per heavy atom. The van der Waals surface area contributed by atoms with Crippen LogP contribution < -0.4 is 10.1 Å². The summed E-state index contributed by atoms with van der Waals surface area (Å²) in [6.07, 6.45) is -4.22. The second-order valence-electron chi connectivity index (χ2n) is 4.19. The quantitative estimate of drug-likeness (QED) is 0.759. The van der Waals surface area contributed by atoms with E-state index in [2.05, 4.69) is 10.1 Å². The summed E-state index contributed by atoms with van der Waals surface area (Å²) < 4.78 is 40.4. The van der Waals surface area contributed by atoms with Gasteiger partial charge in [-0.15, -0.1) is 13.2 Å². The van der Waals surface area contributed by atoms with Crippen LogP contribution in [0.5, 0.6) is 5.75 Å². The van der Waals surface area contributed by atoms with E-state index in [1.165, 1.54) is 18.2 Å². The second kappa shape index (κ2) is 7.51. The Morgan fingerprint density at radius 2 is 1.76 bits per heavy atom. The molecule has 0 aliphatic heterocycles. The van der Waals surface area contributed by atoms with Crippen LogP contribution in [0.3, 0.4) is 0 Å². The maximum atomic E-state index is 12.2. The van der Waals surface area contributed by atoms with E-state index in [1.54, 1.807) is 0 Å². The van der Waals surface area contributed by atoms with Crippen molar-refractivity contribution in [1.29, 1.82) is 0 Å². The third-order valence-corrected chi connectivity index (χ3v) is 2.43. The number of unbranched alkanes of at least 4 members (excludes halogenated alkanes) is 1. The molecule has 0 aromatic heterocycles. The minimum absolute atomic E-state index is 0.0215. The minimum atomic E-state index is -4.84. The summed E-state index contributed by atoms with van der Waals surface area (Å²) in [7, 11) is 0. The van der Waals surface area contributed by atoms with Gasteiger partial charge in [-0.2, -0.15) is 0 Å². The van der Waals surface area contributed by atoms with E-state index < -0.39 is 24.0 Å². The number of alkyl halides is 3. The molecule has 0 fully saturated rings. The molecule has 2 N–H and O–H groups in total. The maximum Gasteiger partial charge on any atom is 0.573 e. The van der Waals surface area contributed by atoms with Gasteiger partial charge in [-0.1, -0.05) is 12.1 Å². The number of carboxylic acid groups (broad SMARTS) is 1. The number of aliphatic carboxylic acids is 1. The molecule has 0 saturated heterocycles. The Hall–Kier alpha value is -2.25. The molecule has 0 atom stereocenters. The molecule has 0 bridgehead atoms. The van der Waals surface area contributed by atoms with Gasteiger partial charge < -0.3 is 15.2 Å². The highest BCUT2D eigenvalue weighted by Crippen LogP contribution is 2.29. The number of carboxylic acids is 1. The average Bonchev–Trinajstić information content (AvgIpc) is 2.35. The van der Waals surface area contributed by atoms with E-state index in [0.29, 0.717) is 12.8 Å². The highest BCUT2D eigenvalue weighted by atomic mass is 19.4. The predicted molar refractivity (Wildman–Crippen MR) is 67.9 cm³/mol. The van der Waals surface area contributed by atoms with Crippen LogP contribution in [0.1, 0.15) is 25.7 Å². The standard InChI is InChI=1S/C13H14F3NO4/c14-13(15,16)21-10-6-2-1-5-9(10)17-11(18)7-3-4-8-12(19)20/h1-2,5-6H,3-4,7-8H2,(H,17,18)(H,19,20). The van der Waals surface area contributed by atoms with E-state index in [-0.39, 0.29) is 18.5 Å². The largest absolute Gasteiger partial charge is 0.573 e. The number of benzene rings is 1. The van der Waals surface area contributed by atoms with Crippen molar-refractivity contribution in [2.24, 2.45) is 0 Å². The van der Waals surface area contributed by atoms with Crippen LogP contribution in [0.4, 0.5) is 18.9 Å². The second-order valence-corrected chi connectivity index (χ2v) is 4.19. The van der Waals surface area contributed by atoms with E-state index in [4.69, 9.17) is 5.11 Å². The lowest BCUT2D eigenvalue weighted by atomic mass is 10.2. The summed E-state index contributed by atoms with van der Waals surface area (Å²) in [5, 5.41) is 10.7. The van der Waals surface area contributed by atoms with E-state index in [0.717, 1.165) is 6.07 Å². The number of hydrogen-bond acceptors (Lipinski definition) is 3.